The predicted octanol–water partition coefficient (Wildman–Crippen LogP) is 3.00. The molecule has 1 aliphatic rings. The number of aliphatic carboxylic acids is 1. The first-order valence-electron chi connectivity index (χ1n) is 7.34. The van der Waals surface area contributed by atoms with Crippen molar-refractivity contribution in [2.75, 3.05) is 0 Å². The highest BCUT2D eigenvalue weighted by Crippen LogP contribution is 2.35. The SMILES string of the molecule is C#CN(C(=O)c1ccc(Cl)cc1)C1(C(=O)O)Cc2ccccc2C1. The molecular formula is C19H14ClNO3. The van der Waals surface area contributed by atoms with E-state index in [0.29, 0.717) is 10.6 Å². The van der Waals surface area contributed by atoms with E-state index in [-0.39, 0.29) is 12.8 Å². The van der Waals surface area contributed by atoms with Crippen LogP contribution in [0.1, 0.15) is 21.5 Å². The zero-order valence-corrected chi connectivity index (χ0v) is 13.5. The normalized spacial score (nSPS) is 14.5. The average molecular weight is 340 g/mol. The number of carbonyl (C=O) groups excluding carboxylic acids is 1. The van der Waals surface area contributed by atoms with Crippen molar-refractivity contribution in [1.82, 2.24) is 4.90 Å². The van der Waals surface area contributed by atoms with Crippen LogP contribution in [0.3, 0.4) is 0 Å². The molecule has 0 bridgehead atoms. The highest BCUT2D eigenvalue weighted by Gasteiger charge is 2.50. The van der Waals surface area contributed by atoms with Crippen LogP contribution in [0, 0.1) is 12.5 Å². The van der Waals surface area contributed by atoms with E-state index in [1.807, 2.05) is 24.3 Å². The number of carboxylic acid groups (broad SMARTS) is 1. The Morgan fingerprint density at radius 2 is 1.62 bits per heavy atom. The summed E-state index contributed by atoms with van der Waals surface area (Å²) < 4.78 is 0. The molecular weight excluding hydrogens is 326 g/mol. The molecule has 4 nitrogen and oxygen atoms in total. The van der Waals surface area contributed by atoms with Gasteiger partial charge >= 0.3 is 5.97 Å². The Hall–Kier alpha value is -2.77. The fraction of sp³-hybridized carbons (Fsp3) is 0.158. The molecule has 0 saturated carbocycles. The Morgan fingerprint density at radius 1 is 1.08 bits per heavy atom. The number of terminal acetylenes is 1. The molecule has 120 valence electrons. The second kappa shape index (κ2) is 6.03. The summed E-state index contributed by atoms with van der Waals surface area (Å²) in [6.07, 6.45) is 5.91. The number of hydrogen-bond donors (Lipinski definition) is 1. The van der Waals surface area contributed by atoms with Gasteiger partial charge in [0.1, 0.15) is 0 Å². The van der Waals surface area contributed by atoms with Crippen molar-refractivity contribution < 1.29 is 14.7 Å². The summed E-state index contributed by atoms with van der Waals surface area (Å²) in [5.74, 6) is -1.64. The van der Waals surface area contributed by atoms with Crippen LogP contribution in [0.2, 0.25) is 5.02 Å². The van der Waals surface area contributed by atoms with Crippen LogP contribution in [0.25, 0.3) is 0 Å². The van der Waals surface area contributed by atoms with Gasteiger partial charge in [-0.05, 0) is 35.4 Å². The highest BCUT2D eigenvalue weighted by atomic mass is 35.5. The Labute approximate surface area is 144 Å². The lowest BCUT2D eigenvalue weighted by Crippen LogP contribution is -2.55. The molecule has 0 aromatic heterocycles. The van der Waals surface area contributed by atoms with Gasteiger partial charge in [-0.15, -0.1) is 0 Å². The second-order valence-electron chi connectivity index (χ2n) is 5.74. The first-order chi connectivity index (χ1) is 11.5. The van der Waals surface area contributed by atoms with Gasteiger partial charge in [0.25, 0.3) is 5.91 Å². The highest BCUT2D eigenvalue weighted by molar-refractivity contribution is 6.30. The second-order valence-corrected chi connectivity index (χ2v) is 6.17. The van der Waals surface area contributed by atoms with Crippen molar-refractivity contribution in [1.29, 1.82) is 0 Å². The summed E-state index contributed by atoms with van der Waals surface area (Å²) in [5, 5.41) is 10.4. The number of halogens is 1. The fourth-order valence-electron chi connectivity index (χ4n) is 3.10. The third-order valence-corrected chi connectivity index (χ3v) is 4.59. The summed E-state index contributed by atoms with van der Waals surface area (Å²) in [7, 11) is 0. The van der Waals surface area contributed by atoms with Crippen molar-refractivity contribution >= 4 is 23.5 Å². The summed E-state index contributed by atoms with van der Waals surface area (Å²) in [5.41, 5.74) is 0.608. The van der Waals surface area contributed by atoms with E-state index >= 15 is 0 Å². The smallest absolute Gasteiger partial charge is 0.331 e. The molecule has 2 aromatic rings. The molecule has 1 amide bonds. The monoisotopic (exact) mass is 339 g/mol. The van der Waals surface area contributed by atoms with Crippen LogP contribution in [-0.4, -0.2) is 27.4 Å². The Kier molecular flexibility index (Phi) is 4.04. The summed E-state index contributed by atoms with van der Waals surface area (Å²) in [4.78, 5) is 25.9. The zero-order chi connectivity index (χ0) is 17.3. The number of nitrogens with zero attached hydrogens (tertiary/aromatic N) is 1. The number of rotatable bonds is 3. The van der Waals surface area contributed by atoms with E-state index in [4.69, 9.17) is 18.0 Å². The molecule has 5 heteroatoms. The van der Waals surface area contributed by atoms with Gasteiger partial charge in [0.2, 0.25) is 0 Å². The molecule has 0 saturated heterocycles. The Bertz CT molecular complexity index is 827. The minimum absolute atomic E-state index is 0.183. The van der Waals surface area contributed by atoms with Gasteiger partial charge in [-0.1, -0.05) is 42.3 Å². The van der Waals surface area contributed by atoms with E-state index < -0.39 is 17.4 Å². The maximum absolute atomic E-state index is 12.8. The van der Waals surface area contributed by atoms with Gasteiger partial charge in [-0.3, -0.25) is 4.79 Å². The first-order valence-corrected chi connectivity index (χ1v) is 7.72. The molecule has 2 aromatic carbocycles. The first kappa shape index (κ1) is 16.1. The van der Waals surface area contributed by atoms with E-state index in [1.54, 1.807) is 12.1 Å². The molecule has 1 aliphatic carbocycles. The molecule has 0 heterocycles. The van der Waals surface area contributed by atoms with Crippen LogP contribution in [-0.2, 0) is 17.6 Å². The molecule has 24 heavy (non-hydrogen) atoms. The summed E-state index contributed by atoms with van der Waals surface area (Å²) >= 11 is 5.84. The fourth-order valence-corrected chi connectivity index (χ4v) is 3.22. The van der Waals surface area contributed by atoms with Crippen molar-refractivity contribution in [3.8, 4) is 12.5 Å². The molecule has 0 fully saturated rings. The third-order valence-electron chi connectivity index (χ3n) is 4.33. The average Bonchev–Trinajstić information content (AvgIpc) is 2.96. The van der Waals surface area contributed by atoms with Crippen LogP contribution < -0.4 is 0 Å². The quantitative estimate of drug-likeness (QED) is 0.691. The predicted molar refractivity (Wildman–Crippen MR) is 90.7 cm³/mol. The van der Waals surface area contributed by atoms with E-state index in [2.05, 4.69) is 6.04 Å². The summed E-state index contributed by atoms with van der Waals surface area (Å²) in [6.45, 7) is 0. The van der Waals surface area contributed by atoms with E-state index in [9.17, 15) is 14.7 Å². The van der Waals surface area contributed by atoms with Gasteiger partial charge in [0, 0.05) is 29.5 Å². The standard InChI is InChI=1S/C19H14ClNO3/c1-2-21(17(22)13-7-9-16(20)10-8-13)19(18(23)24)11-14-5-3-4-6-15(14)12-19/h1,3-10H,11-12H2,(H,23,24). The topological polar surface area (TPSA) is 57.6 Å². The number of hydrogen-bond acceptors (Lipinski definition) is 2. The molecule has 0 aliphatic heterocycles. The maximum atomic E-state index is 12.8. The molecule has 0 spiro atoms. The van der Waals surface area contributed by atoms with Gasteiger partial charge in [-0.25, -0.2) is 9.69 Å². The zero-order valence-electron chi connectivity index (χ0n) is 12.7. The Morgan fingerprint density at radius 3 is 2.08 bits per heavy atom. The number of fused-ring (bicyclic) bond motifs is 1. The number of carbonyl (C=O) groups is 2. The van der Waals surface area contributed by atoms with Crippen molar-refractivity contribution in [2.45, 2.75) is 18.4 Å². The van der Waals surface area contributed by atoms with Crippen molar-refractivity contribution in [3.05, 3.63) is 70.2 Å². The molecule has 3 rings (SSSR count). The summed E-state index contributed by atoms with van der Waals surface area (Å²) in [6, 6.07) is 15.9. The van der Waals surface area contributed by atoms with Crippen LogP contribution >= 0.6 is 11.6 Å². The van der Waals surface area contributed by atoms with Crippen LogP contribution in [0.15, 0.2) is 48.5 Å². The lowest BCUT2D eigenvalue weighted by atomic mass is 9.92. The molecule has 0 atom stereocenters. The van der Waals surface area contributed by atoms with Crippen LogP contribution in [0.5, 0.6) is 0 Å². The largest absolute Gasteiger partial charge is 0.479 e. The number of amides is 1. The Balaban J connectivity index is 2.02. The van der Waals surface area contributed by atoms with Crippen molar-refractivity contribution in [2.24, 2.45) is 0 Å². The molecule has 0 radical (unpaired) electrons. The lowest BCUT2D eigenvalue weighted by Gasteiger charge is -2.33. The van der Waals surface area contributed by atoms with Gasteiger partial charge < -0.3 is 5.11 Å². The van der Waals surface area contributed by atoms with E-state index in [0.717, 1.165) is 16.0 Å². The number of benzene rings is 2. The lowest BCUT2D eigenvalue weighted by molar-refractivity contribution is -0.147. The van der Waals surface area contributed by atoms with Gasteiger partial charge in [0.05, 0.1) is 0 Å². The van der Waals surface area contributed by atoms with E-state index in [1.165, 1.54) is 12.1 Å². The third kappa shape index (κ3) is 2.53. The maximum Gasteiger partial charge on any atom is 0.331 e. The van der Waals surface area contributed by atoms with Crippen LogP contribution in [0.4, 0.5) is 0 Å². The minimum atomic E-state index is -1.48. The van der Waals surface area contributed by atoms with Crippen molar-refractivity contribution in [3.63, 3.8) is 0 Å². The molecule has 1 N–H and O–H groups in total. The molecule has 0 unspecified atom stereocenters. The minimum Gasteiger partial charge on any atom is -0.479 e. The number of carboxylic acids is 1. The van der Waals surface area contributed by atoms with Gasteiger partial charge in [-0.2, -0.15) is 0 Å². The van der Waals surface area contributed by atoms with Gasteiger partial charge in [0.15, 0.2) is 5.54 Å².